The van der Waals surface area contributed by atoms with Crippen molar-refractivity contribution in [3.63, 3.8) is 0 Å². The van der Waals surface area contributed by atoms with Crippen LogP contribution in [0.25, 0.3) is 28.4 Å². The summed E-state index contributed by atoms with van der Waals surface area (Å²) in [6, 6.07) is 11.8. The molecule has 0 N–H and O–H groups in total. The molecule has 35 heavy (non-hydrogen) atoms. The number of aromatic nitrogens is 4. The lowest BCUT2D eigenvalue weighted by molar-refractivity contribution is 0.0772. The molecule has 3 aliphatic rings. The van der Waals surface area contributed by atoms with Gasteiger partial charge in [-0.1, -0.05) is 18.2 Å². The van der Waals surface area contributed by atoms with Gasteiger partial charge in [0.05, 0.1) is 17.5 Å². The zero-order valence-corrected chi connectivity index (χ0v) is 19.9. The summed E-state index contributed by atoms with van der Waals surface area (Å²) in [6.45, 7) is 3.85. The lowest BCUT2D eigenvalue weighted by atomic mass is 9.86. The van der Waals surface area contributed by atoms with E-state index in [1.165, 1.54) is 6.42 Å². The summed E-state index contributed by atoms with van der Waals surface area (Å²) in [7, 11) is 2.17. The number of hydrogen-bond donors (Lipinski definition) is 0. The highest BCUT2D eigenvalue weighted by Crippen LogP contribution is 2.44. The molecule has 1 unspecified atom stereocenters. The summed E-state index contributed by atoms with van der Waals surface area (Å²) in [4.78, 5) is 27.4. The van der Waals surface area contributed by atoms with E-state index >= 15 is 0 Å². The molecule has 1 aromatic carbocycles. The molecule has 0 radical (unpaired) electrons. The third-order valence-corrected chi connectivity index (χ3v) is 7.87. The van der Waals surface area contributed by atoms with Gasteiger partial charge in [-0.25, -0.2) is 14.6 Å². The largest absolute Gasteiger partial charge is 0.454 e. The van der Waals surface area contributed by atoms with E-state index in [4.69, 9.17) is 9.40 Å². The van der Waals surface area contributed by atoms with Crippen LogP contribution < -0.4 is 0 Å². The zero-order chi connectivity index (χ0) is 23.6. The number of nitrogens with zero attached hydrogens (tertiary/aromatic N) is 6. The Labute approximate surface area is 203 Å². The second kappa shape index (κ2) is 7.75. The van der Waals surface area contributed by atoms with Crippen LogP contribution in [0.4, 0.5) is 0 Å². The molecule has 4 aromatic rings. The molecule has 7 rings (SSSR count). The van der Waals surface area contributed by atoms with Crippen molar-refractivity contribution in [2.45, 2.75) is 31.6 Å². The second-order valence-corrected chi connectivity index (χ2v) is 10.5. The number of amides is 1. The van der Waals surface area contributed by atoms with Gasteiger partial charge < -0.3 is 14.2 Å². The van der Waals surface area contributed by atoms with Crippen LogP contribution in [-0.4, -0.2) is 68.7 Å². The Kier molecular flexibility index (Phi) is 4.61. The fourth-order valence-electron chi connectivity index (χ4n) is 5.90. The van der Waals surface area contributed by atoms with E-state index in [0.29, 0.717) is 28.9 Å². The quantitative estimate of drug-likeness (QED) is 0.448. The molecule has 1 atom stereocenters. The molecule has 0 bridgehead atoms. The van der Waals surface area contributed by atoms with Crippen LogP contribution >= 0.6 is 0 Å². The highest BCUT2D eigenvalue weighted by molar-refractivity contribution is 5.96. The van der Waals surface area contributed by atoms with Crippen LogP contribution in [-0.2, 0) is 0 Å². The van der Waals surface area contributed by atoms with Gasteiger partial charge in [0.15, 0.2) is 5.76 Å². The average molecular weight is 469 g/mol. The number of carbonyl (C=O) groups is 1. The van der Waals surface area contributed by atoms with Crippen LogP contribution in [0, 0.1) is 5.41 Å². The minimum Gasteiger partial charge on any atom is -0.454 e. The third-order valence-electron chi connectivity index (χ3n) is 7.87. The maximum absolute atomic E-state index is 13.7. The Hall–Kier alpha value is -3.52. The average Bonchev–Trinajstić information content (AvgIpc) is 3.22. The first kappa shape index (κ1) is 20.8. The number of fused-ring (bicyclic) bond motifs is 1. The van der Waals surface area contributed by atoms with Crippen molar-refractivity contribution >= 4 is 16.9 Å². The number of hydrogen-bond acceptors (Lipinski definition) is 6. The monoisotopic (exact) mass is 468 g/mol. The van der Waals surface area contributed by atoms with Crippen molar-refractivity contribution in [2.75, 3.05) is 33.2 Å². The maximum Gasteiger partial charge on any atom is 0.257 e. The van der Waals surface area contributed by atoms with E-state index in [1.54, 1.807) is 17.1 Å². The Morgan fingerprint density at radius 2 is 1.97 bits per heavy atom. The van der Waals surface area contributed by atoms with Gasteiger partial charge in [-0.15, -0.1) is 0 Å². The van der Waals surface area contributed by atoms with Crippen LogP contribution in [0.3, 0.4) is 0 Å². The summed E-state index contributed by atoms with van der Waals surface area (Å²) in [5, 5.41) is 5.66. The number of rotatable bonds is 4. The first-order valence-corrected chi connectivity index (χ1v) is 12.5. The number of para-hydroxylation sites is 1. The predicted molar refractivity (Wildman–Crippen MR) is 131 cm³/mol. The molecule has 178 valence electrons. The van der Waals surface area contributed by atoms with Crippen LogP contribution in [0.5, 0.6) is 0 Å². The van der Waals surface area contributed by atoms with Gasteiger partial charge in [-0.3, -0.25) is 4.79 Å². The highest BCUT2D eigenvalue weighted by Gasteiger charge is 2.45. The minimum absolute atomic E-state index is 0.0954. The third kappa shape index (κ3) is 3.55. The van der Waals surface area contributed by atoms with E-state index in [0.717, 1.165) is 62.1 Å². The van der Waals surface area contributed by atoms with Crippen molar-refractivity contribution < 1.29 is 9.21 Å². The van der Waals surface area contributed by atoms with Gasteiger partial charge in [0, 0.05) is 42.6 Å². The van der Waals surface area contributed by atoms with Crippen molar-refractivity contribution in [1.82, 2.24) is 29.5 Å². The Morgan fingerprint density at radius 1 is 1.11 bits per heavy atom. The topological polar surface area (TPSA) is 80.3 Å². The Bertz CT molecular complexity index is 1400. The predicted octanol–water partition coefficient (Wildman–Crippen LogP) is 4.12. The lowest BCUT2D eigenvalue weighted by Gasteiger charge is -2.23. The van der Waals surface area contributed by atoms with Crippen molar-refractivity contribution in [2.24, 2.45) is 5.41 Å². The molecular formula is C27H28N6O2. The Morgan fingerprint density at radius 3 is 2.77 bits per heavy atom. The van der Waals surface area contributed by atoms with Crippen LogP contribution in [0.15, 0.2) is 53.2 Å². The van der Waals surface area contributed by atoms with E-state index in [2.05, 4.69) is 22.0 Å². The summed E-state index contributed by atoms with van der Waals surface area (Å²) < 4.78 is 7.79. The zero-order valence-electron chi connectivity index (χ0n) is 19.9. The number of benzene rings is 1. The van der Waals surface area contributed by atoms with Crippen molar-refractivity contribution in [3.8, 4) is 17.4 Å². The SMILES string of the molecule is CN1CCC2(CCN(C(=O)c3cnn(-c4nccc(-c5cc6ccccc6o5)n4)c3C3CC3)C2)C1. The molecule has 8 nitrogen and oxygen atoms in total. The fourth-order valence-corrected chi connectivity index (χ4v) is 5.90. The summed E-state index contributed by atoms with van der Waals surface area (Å²) in [5.74, 6) is 1.58. The molecule has 8 heteroatoms. The summed E-state index contributed by atoms with van der Waals surface area (Å²) in [5.41, 5.74) is 3.42. The van der Waals surface area contributed by atoms with E-state index < -0.39 is 0 Å². The first-order chi connectivity index (χ1) is 17.1. The Balaban J connectivity index is 1.21. The van der Waals surface area contributed by atoms with Crippen molar-refractivity contribution in [1.29, 1.82) is 0 Å². The number of likely N-dealkylation sites (tertiary alicyclic amines) is 2. The summed E-state index contributed by atoms with van der Waals surface area (Å²) >= 11 is 0. The fraction of sp³-hybridized carbons (Fsp3) is 0.407. The second-order valence-electron chi connectivity index (χ2n) is 10.5. The van der Waals surface area contributed by atoms with Gasteiger partial charge in [-0.2, -0.15) is 5.10 Å². The number of carbonyl (C=O) groups excluding carboxylic acids is 1. The maximum atomic E-state index is 13.7. The van der Waals surface area contributed by atoms with Gasteiger partial charge in [0.25, 0.3) is 11.9 Å². The van der Waals surface area contributed by atoms with E-state index in [-0.39, 0.29) is 11.3 Å². The molecule has 3 fully saturated rings. The first-order valence-electron chi connectivity index (χ1n) is 12.5. The van der Waals surface area contributed by atoms with Crippen LogP contribution in [0.2, 0.25) is 0 Å². The highest BCUT2D eigenvalue weighted by atomic mass is 16.3. The van der Waals surface area contributed by atoms with Gasteiger partial charge in [0.1, 0.15) is 11.3 Å². The smallest absolute Gasteiger partial charge is 0.257 e. The standard InChI is InChI=1S/C27H28N6O2/c1-31-12-9-27(16-31)10-13-32(17-27)25(34)20-15-29-33(24(20)18-6-7-18)26-28-11-8-21(30-26)23-14-19-4-2-3-5-22(19)35-23/h2-5,8,11,14-15,18H,6-7,9-10,12-13,16-17H2,1H3. The molecule has 1 aliphatic carbocycles. The molecular weight excluding hydrogens is 440 g/mol. The molecule has 1 spiro atoms. The molecule has 2 aliphatic heterocycles. The molecule has 2 saturated heterocycles. The van der Waals surface area contributed by atoms with Crippen LogP contribution in [0.1, 0.15) is 47.7 Å². The van der Waals surface area contributed by atoms with Crippen molar-refractivity contribution in [3.05, 3.63) is 60.0 Å². The van der Waals surface area contributed by atoms with E-state index in [1.807, 2.05) is 41.3 Å². The normalized spacial score (nSPS) is 22.6. The van der Waals surface area contributed by atoms with Gasteiger partial charge in [0.2, 0.25) is 0 Å². The molecule has 1 saturated carbocycles. The summed E-state index contributed by atoms with van der Waals surface area (Å²) in [6.07, 6.45) is 7.82. The van der Waals surface area contributed by atoms with Gasteiger partial charge in [-0.05, 0) is 57.5 Å². The molecule has 1 amide bonds. The molecule has 5 heterocycles. The molecule has 3 aromatic heterocycles. The lowest BCUT2D eigenvalue weighted by Crippen LogP contribution is -2.33. The van der Waals surface area contributed by atoms with E-state index in [9.17, 15) is 4.79 Å². The number of furan rings is 1. The minimum atomic E-state index is 0.0954. The van der Waals surface area contributed by atoms with Gasteiger partial charge >= 0.3 is 0 Å².